The van der Waals surface area contributed by atoms with Crippen LogP contribution in [0.15, 0.2) is 0 Å². The van der Waals surface area contributed by atoms with E-state index in [2.05, 4.69) is 0 Å². The summed E-state index contributed by atoms with van der Waals surface area (Å²) in [5, 5.41) is 0. The van der Waals surface area contributed by atoms with Gasteiger partial charge in [0.1, 0.15) is 0 Å². The van der Waals surface area contributed by atoms with E-state index in [1.165, 1.54) is 20.9 Å². The van der Waals surface area contributed by atoms with Crippen molar-refractivity contribution in [2.45, 2.75) is 57.9 Å². The number of carbonyl (C=O) groups is 3. The van der Waals surface area contributed by atoms with Crippen LogP contribution >= 0.6 is 0 Å². The van der Waals surface area contributed by atoms with E-state index in [4.69, 9.17) is 14.2 Å². The summed E-state index contributed by atoms with van der Waals surface area (Å²) in [7, 11) is 1.35. The number of likely N-dealkylation sites (N-methyl/N-ethyl adjacent to an activating group) is 1. The quantitative estimate of drug-likeness (QED) is 0.551. The van der Waals surface area contributed by atoms with Crippen LogP contribution in [0.5, 0.6) is 0 Å². The molecule has 0 aromatic heterocycles. The second-order valence-corrected chi connectivity index (χ2v) is 5.15. The van der Waals surface area contributed by atoms with Crippen LogP contribution in [0, 0.1) is 0 Å². The van der Waals surface area contributed by atoms with E-state index in [0.717, 1.165) is 18.7 Å². The molecule has 4 unspecified atom stereocenters. The lowest BCUT2D eigenvalue weighted by atomic mass is 9.92. The molecule has 0 saturated carbocycles. The molecule has 120 valence electrons. The summed E-state index contributed by atoms with van der Waals surface area (Å²) >= 11 is 0. The zero-order valence-corrected chi connectivity index (χ0v) is 12.7. The summed E-state index contributed by atoms with van der Waals surface area (Å²) in [4.78, 5) is 34.6. The molecule has 0 spiro atoms. The Hall–Kier alpha value is -1.70. The van der Waals surface area contributed by atoms with Crippen LogP contribution in [0.4, 0.5) is 4.39 Å². The molecule has 1 fully saturated rings. The number of carbonyl (C=O) groups excluding carboxylic acids is 3. The lowest BCUT2D eigenvalue weighted by Crippen LogP contribution is -2.56. The highest BCUT2D eigenvalue weighted by molar-refractivity contribution is 5.68. The van der Waals surface area contributed by atoms with Gasteiger partial charge in [0, 0.05) is 27.3 Å². The molecule has 7 nitrogen and oxygen atoms in total. The molecule has 0 aromatic rings. The fourth-order valence-electron chi connectivity index (χ4n) is 2.52. The molecular formula is C13H20FNO6. The van der Waals surface area contributed by atoms with Crippen molar-refractivity contribution >= 4 is 18.3 Å². The predicted molar refractivity (Wildman–Crippen MR) is 68.6 cm³/mol. The first-order chi connectivity index (χ1) is 9.60. The fourth-order valence-corrected chi connectivity index (χ4v) is 2.52. The average molecular weight is 305 g/mol. The van der Waals surface area contributed by atoms with Crippen molar-refractivity contribution in [1.29, 1.82) is 0 Å². The zero-order chi connectivity index (χ0) is 16.4. The van der Waals surface area contributed by atoms with E-state index in [9.17, 15) is 18.8 Å². The molecule has 0 bridgehead atoms. The van der Waals surface area contributed by atoms with Crippen LogP contribution in [0.2, 0.25) is 0 Å². The molecule has 0 radical (unpaired) electrons. The van der Waals surface area contributed by atoms with Gasteiger partial charge in [-0.2, -0.15) is 0 Å². The molecule has 8 heteroatoms. The Bertz CT molecular complexity index is 444. The lowest BCUT2D eigenvalue weighted by Gasteiger charge is -2.36. The van der Waals surface area contributed by atoms with Crippen LogP contribution < -0.4 is 0 Å². The third-order valence-electron chi connectivity index (χ3n) is 3.38. The van der Waals surface area contributed by atoms with Crippen molar-refractivity contribution in [2.75, 3.05) is 7.05 Å². The zero-order valence-electron chi connectivity index (χ0n) is 12.7. The van der Waals surface area contributed by atoms with E-state index in [1.54, 1.807) is 0 Å². The highest BCUT2D eigenvalue weighted by atomic mass is 19.2. The van der Waals surface area contributed by atoms with Gasteiger partial charge in [0.25, 0.3) is 5.85 Å². The van der Waals surface area contributed by atoms with E-state index < -0.39 is 35.7 Å². The summed E-state index contributed by atoms with van der Waals surface area (Å²) in [5.74, 6) is -3.81. The Balaban J connectivity index is 3.32. The molecule has 1 heterocycles. The second kappa shape index (κ2) is 5.97. The van der Waals surface area contributed by atoms with Gasteiger partial charge >= 0.3 is 11.9 Å². The van der Waals surface area contributed by atoms with Crippen LogP contribution in [0.3, 0.4) is 0 Å². The summed E-state index contributed by atoms with van der Waals surface area (Å²) in [6.07, 6.45) is -2.43. The maximum Gasteiger partial charge on any atom is 0.303 e. The fraction of sp³-hybridized carbons (Fsp3) is 0.769. The first-order valence-electron chi connectivity index (χ1n) is 6.51. The first-order valence-corrected chi connectivity index (χ1v) is 6.51. The Morgan fingerprint density at radius 3 is 2.33 bits per heavy atom. The molecule has 21 heavy (non-hydrogen) atoms. The van der Waals surface area contributed by atoms with Crippen molar-refractivity contribution in [3.05, 3.63) is 0 Å². The van der Waals surface area contributed by atoms with Gasteiger partial charge in [-0.15, -0.1) is 0 Å². The Morgan fingerprint density at radius 1 is 1.38 bits per heavy atom. The largest absolute Gasteiger partial charge is 0.452 e. The van der Waals surface area contributed by atoms with Crippen molar-refractivity contribution in [2.24, 2.45) is 0 Å². The van der Waals surface area contributed by atoms with E-state index in [0.29, 0.717) is 6.41 Å². The predicted octanol–water partition coefficient (Wildman–Crippen LogP) is 0.760. The second-order valence-electron chi connectivity index (χ2n) is 5.15. The van der Waals surface area contributed by atoms with Gasteiger partial charge in [0.05, 0.1) is 0 Å². The van der Waals surface area contributed by atoms with Crippen LogP contribution in [-0.4, -0.2) is 54.1 Å². The van der Waals surface area contributed by atoms with Gasteiger partial charge in [-0.1, -0.05) is 6.92 Å². The molecule has 1 rings (SSSR count). The number of alkyl halides is 1. The van der Waals surface area contributed by atoms with Crippen LogP contribution in [0.1, 0.15) is 34.1 Å². The van der Waals surface area contributed by atoms with Crippen LogP contribution in [-0.2, 0) is 28.6 Å². The Kier molecular flexibility index (Phi) is 4.93. The number of nitrogens with zero attached hydrogens (tertiary/aromatic N) is 1. The van der Waals surface area contributed by atoms with Gasteiger partial charge in [0.15, 0.2) is 11.8 Å². The maximum absolute atomic E-state index is 14.9. The molecule has 0 aromatic carbocycles. The molecule has 0 aliphatic carbocycles. The van der Waals surface area contributed by atoms with Gasteiger partial charge in [-0.25, -0.2) is 4.39 Å². The third kappa shape index (κ3) is 3.15. The normalized spacial score (nSPS) is 35.1. The van der Waals surface area contributed by atoms with Crippen LogP contribution in [0.25, 0.3) is 0 Å². The number of ether oxygens (including phenoxy) is 3. The Morgan fingerprint density at radius 2 is 1.95 bits per heavy atom. The number of hydrogen-bond donors (Lipinski definition) is 0. The van der Waals surface area contributed by atoms with Gasteiger partial charge < -0.3 is 19.1 Å². The topological polar surface area (TPSA) is 82.1 Å². The SMILES string of the molecule is CCC1(F)OC(N(C)C=O)C(C)(OC(C)=O)C1OC(C)=O. The molecule has 0 N–H and O–H groups in total. The molecule has 1 aliphatic heterocycles. The molecule has 1 aliphatic rings. The lowest BCUT2D eigenvalue weighted by molar-refractivity contribution is -0.206. The smallest absolute Gasteiger partial charge is 0.303 e. The molecule has 4 atom stereocenters. The minimum atomic E-state index is -2.36. The number of rotatable bonds is 5. The maximum atomic E-state index is 14.9. The first kappa shape index (κ1) is 17.4. The van der Waals surface area contributed by atoms with Crippen molar-refractivity contribution < 1.29 is 33.0 Å². The summed E-state index contributed by atoms with van der Waals surface area (Å²) in [6.45, 7) is 5.11. The highest BCUT2D eigenvalue weighted by Gasteiger charge is 2.67. The van der Waals surface area contributed by atoms with Crippen molar-refractivity contribution in [3.8, 4) is 0 Å². The minimum Gasteiger partial charge on any atom is -0.452 e. The van der Waals surface area contributed by atoms with Crippen molar-refractivity contribution in [3.63, 3.8) is 0 Å². The van der Waals surface area contributed by atoms with E-state index >= 15 is 0 Å². The summed E-state index contributed by atoms with van der Waals surface area (Å²) < 4.78 is 30.3. The average Bonchev–Trinajstić information content (AvgIpc) is 2.59. The standard InChI is InChI=1S/C13H20FNO6/c1-6-13(14)10(19-8(2)17)12(4,20-9(3)18)11(21-13)15(5)7-16/h7,10-11H,6H2,1-5H3. The number of halogens is 1. The summed E-state index contributed by atoms with van der Waals surface area (Å²) in [6, 6.07) is 0. The Labute approximate surface area is 122 Å². The van der Waals surface area contributed by atoms with Gasteiger partial charge in [-0.05, 0) is 6.92 Å². The van der Waals surface area contributed by atoms with Gasteiger partial charge in [-0.3, -0.25) is 14.4 Å². The highest BCUT2D eigenvalue weighted by Crippen LogP contribution is 2.46. The number of esters is 2. The van der Waals surface area contributed by atoms with E-state index in [1.807, 2.05) is 0 Å². The third-order valence-corrected chi connectivity index (χ3v) is 3.38. The molecule has 1 saturated heterocycles. The van der Waals surface area contributed by atoms with Crippen molar-refractivity contribution in [1.82, 2.24) is 4.90 Å². The minimum absolute atomic E-state index is 0.148. The van der Waals surface area contributed by atoms with Gasteiger partial charge in [0.2, 0.25) is 12.5 Å². The number of amides is 1. The molecular weight excluding hydrogens is 285 g/mol. The number of hydrogen-bond acceptors (Lipinski definition) is 6. The summed E-state index contributed by atoms with van der Waals surface area (Å²) in [5.41, 5.74) is -1.65. The molecule has 1 amide bonds. The van der Waals surface area contributed by atoms with E-state index in [-0.39, 0.29) is 6.42 Å². The monoisotopic (exact) mass is 305 g/mol.